The molecule has 1 N–H and O–H groups in total. The number of methoxy groups -OCH3 is 1. The quantitative estimate of drug-likeness (QED) is 0.635. The van der Waals surface area contributed by atoms with Crippen molar-refractivity contribution in [3.8, 4) is 5.88 Å². The zero-order valence-electron chi connectivity index (χ0n) is 12.5. The van der Waals surface area contributed by atoms with Gasteiger partial charge >= 0.3 is 6.09 Å². The molecule has 0 unspecified atom stereocenters. The number of hydrogen-bond donors (Lipinski definition) is 1. The molecule has 1 saturated heterocycles. The first-order valence-electron chi connectivity index (χ1n) is 6.91. The number of halogens is 3. The van der Waals surface area contributed by atoms with Crippen LogP contribution in [0.3, 0.4) is 0 Å². The van der Waals surface area contributed by atoms with E-state index in [1.165, 1.54) is 12.0 Å². The van der Waals surface area contributed by atoms with E-state index in [1.807, 2.05) is 0 Å². The van der Waals surface area contributed by atoms with E-state index in [-0.39, 0.29) is 40.3 Å². The molecular formula is C13H12Cl2FN5O3. The van der Waals surface area contributed by atoms with Gasteiger partial charge in [0, 0.05) is 26.2 Å². The zero-order chi connectivity index (χ0) is 17.4. The Labute approximate surface area is 145 Å². The van der Waals surface area contributed by atoms with Crippen molar-refractivity contribution in [1.82, 2.24) is 19.9 Å². The van der Waals surface area contributed by atoms with Gasteiger partial charge in [-0.05, 0) is 11.6 Å². The lowest BCUT2D eigenvalue weighted by atomic mass is 10.2. The number of ether oxygens (including phenoxy) is 1. The summed E-state index contributed by atoms with van der Waals surface area (Å²) in [7, 11) is 1.37. The Morgan fingerprint density at radius 2 is 1.88 bits per heavy atom. The van der Waals surface area contributed by atoms with Crippen molar-refractivity contribution in [2.45, 2.75) is 0 Å². The van der Waals surface area contributed by atoms with Crippen LogP contribution in [-0.2, 0) is 0 Å². The number of aromatic nitrogens is 3. The number of rotatable bonds is 2. The Bertz CT molecular complexity index is 814. The summed E-state index contributed by atoms with van der Waals surface area (Å²) in [5.41, 5.74) is -0.0949. The SMILES string of the molecule is COc1nc(Cl)c(F)c2nc(Cl)nc(N3CCN(C(=O)O)CC3)c12. The topological polar surface area (TPSA) is 91.7 Å². The Kier molecular flexibility index (Phi) is 4.46. The largest absolute Gasteiger partial charge is 0.480 e. The summed E-state index contributed by atoms with van der Waals surface area (Å²) in [6.07, 6.45) is -0.989. The van der Waals surface area contributed by atoms with Gasteiger partial charge in [0.2, 0.25) is 11.2 Å². The highest BCUT2D eigenvalue weighted by Gasteiger charge is 2.27. The molecule has 0 atom stereocenters. The van der Waals surface area contributed by atoms with E-state index >= 15 is 0 Å². The number of fused-ring (bicyclic) bond motifs is 1. The molecule has 128 valence electrons. The second-order valence-corrected chi connectivity index (χ2v) is 5.72. The van der Waals surface area contributed by atoms with Crippen LogP contribution < -0.4 is 9.64 Å². The molecule has 24 heavy (non-hydrogen) atoms. The fourth-order valence-electron chi connectivity index (χ4n) is 2.56. The maximum absolute atomic E-state index is 14.3. The van der Waals surface area contributed by atoms with Crippen molar-refractivity contribution < 1.29 is 19.0 Å². The smallest absolute Gasteiger partial charge is 0.407 e. The third-order valence-corrected chi connectivity index (χ3v) is 4.13. The van der Waals surface area contributed by atoms with Crippen LogP contribution in [0.5, 0.6) is 5.88 Å². The minimum atomic E-state index is -0.989. The van der Waals surface area contributed by atoms with Crippen LogP contribution in [0.1, 0.15) is 0 Å². The van der Waals surface area contributed by atoms with Crippen LogP contribution in [-0.4, -0.2) is 64.3 Å². The second kappa shape index (κ2) is 6.40. The third kappa shape index (κ3) is 2.84. The molecule has 3 rings (SSSR count). The van der Waals surface area contributed by atoms with Crippen molar-refractivity contribution in [3.63, 3.8) is 0 Å². The molecule has 0 aliphatic carbocycles. The zero-order valence-corrected chi connectivity index (χ0v) is 14.0. The summed E-state index contributed by atoms with van der Waals surface area (Å²) in [5.74, 6) is -0.416. The van der Waals surface area contributed by atoms with Gasteiger partial charge in [0.25, 0.3) is 0 Å². The number of amides is 1. The van der Waals surface area contributed by atoms with E-state index < -0.39 is 11.9 Å². The van der Waals surface area contributed by atoms with Gasteiger partial charge in [0.1, 0.15) is 16.7 Å². The van der Waals surface area contributed by atoms with Crippen LogP contribution in [0.4, 0.5) is 15.0 Å². The van der Waals surface area contributed by atoms with Crippen LogP contribution in [0.25, 0.3) is 10.9 Å². The van der Waals surface area contributed by atoms with E-state index in [4.69, 9.17) is 33.0 Å². The van der Waals surface area contributed by atoms with Gasteiger partial charge in [0.05, 0.1) is 7.11 Å². The molecule has 3 heterocycles. The summed E-state index contributed by atoms with van der Waals surface area (Å²) in [5, 5.41) is 8.74. The van der Waals surface area contributed by atoms with E-state index in [1.54, 1.807) is 4.90 Å². The molecule has 0 bridgehead atoms. The average Bonchev–Trinajstić information content (AvgIpc) is 2.57. The summed E-state index contributed by atoms with van der Waals surface area (Å²) < 4.78 is 19.5. The molecule has 8 nitrogen and oxygen atoms in total. The Hall–Kier alpha value is -2.13. The predicted molar refractivity (Wildman–Crippen MR) is 85.7 cm³/mol. The van der Waals surface area contributed by atoms with E-state index in [9.17, 15) is 9.18 Å². The second-order valence-electron chi connectivity index (χ2n) is 5.02. The minimum absolute atomic E-state index is 0.0729. The van der Waals surface area contributed by atoms with Crippen LogP contribution >= 0.6 is 23.2 Å². The normalized spacial score (nSPS) is 15.0. The molecule has 2 aromatic heterocycles. The first kappa shape index (κ1) is 16.7. The summed E-state index contributed by atoms with van der Waals surface area (Å²) in [6, 6.07) is 0. The Morgan fingerprint density at radius 1 is 1.21 bits per heavy atom. The number of hydrogen-bond acceptors (Lipinski definition) is 6. The fraction of sp³-hybridized carbons (Fsp3) is 0.385. The van der Waals surface area contributed by atoms with Crippen molar-refractivity contribution in [2.24, 2.45) is 0 Å². The molecule has 0 spiro atoms. The van der Waals surface area contributed by atoms with Crippen LogP contribution in [0.2, 0.25) is 10.4 Å². The molecule has 1 aliphatic rings. The fourth-order valence-corrected chi connectivity index (χ4v) is 2.89. The number of anilines is 1. The average molecular weight is 376 g/mol. The Morgan fingerprint density at radius 3 is 2.46 bits per heavy atom. The van der Waals surface area contributed by atoms with Crippen LogP contribution in [0.15, 0.2) is 0 Å². The lowest BCUT2D eigenvalue weighted by Gasteiger charge is -2.34. The third-order valence-electron chi connectivity index (χ3n) is 3.71. The molecular weight excluding hydrogens is 364 g/mol. The highest BCUT2D eigenvalue weighted by molar-refractivity contribution is 6.31. The Balaban J connectivity index is 2.11. The monoisotopic (exact) mass is 375 g/mol. The van der Waals surface area contributed by atoms with Gasteiger partial charge in [-0.1, -0.05) is 11.6 Å². The first-order chi connectivity index (χ1) is 11.4. The lowest BCUT2D eigenvalue weighted by molar-refractivity contribution is 0.142. The van der Waals surface area contributed by atoms with E-state index in [0.717, 1.165) is 0 Å². The molecule has 2 aromatic rings. The number of piperazine rings is 1. The van der Waals surface area contributed by atoms with Gasteiger partial charge < -0.3 is 19.6 Å². The molecule has 1 aliphatic heterocycles. The highest BCUT2D eigenvalue weighted by atomic mass is 35.5. The first-order valence-corrected chi connectivity index (χ1v) is 7.67. The van der Waals surface area contributed by atoms with E-state index in [0.29, 0.717) is 18.9 Å². The maximum atomic E-state index is 14.3. The van der Waals surface area contributed by atoms with Gasteiger partial charge in [0.15, 0.2) is 11.0 Å². The van der Waals surface area contributed by atoms with Gasteiger partial charge in [-0.15, -0.1) is 0 Å². The standard InChI is InChI=1S/C13H12Cl2FN5O3/c1-24-11-6-8(7(16)9(14)18-11)17-12(15)19-10(6)20-2-4-21(5-3-20)13(22)23/h2-5H2,1H3,(H,22,23). The number of nitrogens with zero attached hydrogens (tertiary/aromatic N) is 5. The van der Waals surface area contributed by atoms with Gasteiger partial charge in [-0.25, -0.2) is 14.2 Å². The molecule has 1 amide bonds. The van der Waals surface area contributed by atoms with Gasteiger partial charge in [-0.2, -0.15) is 9.97 Å². The maximum Gasteiger partial charge on any atom is 0.407 e. The summed E-state index contributed by atoms with van der Waals surface area (Å²) in [4.78, 5) is 26.0. The van der Waals surface area contributed by atoms with Crippen molar-refractivity contribution in [3.05, 3.63) is 16.3 Å². The molecule has 0 radical (unpaired) electrons. The summed E-state index contributed by atoms with van der Waals surface area (Å²) >= 11 is 11.7. The highest BCUT2D eigenvalue weighted by Crippen LogP contribution is 2.36. The van der Waals surface area contributed by atoms with Gasteiger partial charge in [-0.3, -0.25) is 0 Å². The summed E-state index contributed by atoms with van der Waals surface area (Å²) in [6.45, 7) is 1.29. The van der Waals surface area contributed by atoms with Crippen molar-refractivity contribution >= 4 is 46.0 Å². The van der Waals surface area contributed by atoms with Crippen molar-refractivity contribution in [1.29, 1.82) is 0 Å². The van der Waals surface area contributed by atoms with Crippen LogP contribution in [0, 0.1) is 5.82 Å². The number of carboxylic acid groups (broad SMARTS) is 1. The molecule has 1 fully saturated rings. The molecule has 0 saturated carbocycles. The van der Waals surface area contributed by atoms with Crippen molar-refractivity contribution in [2.75, 3.05) is 38.2 Å². The minimum Gasteiger partial charge on any atom is -0.480 e. The lowest BCUT2D eigenvalue weighted by Crippen LogP contribution is -2.48. The number of carbonyl (C=O) groups is 1. The predicted octanol–water partition coefficient (Wildman–Crippen LogP) is 2.28. The number of pyridine rings is 1. The molecule has 11 heteroatoms. The molecule has 0 aromatic carbocycles. The van der Waals surface area contributed by atoms with E-state index in [2.05, 4.69) is 15.0 Å².